The predicted molar refractivity (Wildman–Crippen MR) is 164 cm³/mol. The van der Waals surface area contributed by atoms with Crippen molar-refractivity contribution >= 4 is 40.6 Å². The lowest BCUT2D eigenvalue weighted by Gasteiger charge is -2.21. The van der Waals surface area contributed by atoms with Crippen molar-refractivity contribution in [3.8, 4) is 22.8 Å². The molecule has 1 aliphatic rings. The number of carbonyl (C=O) groups is 2. The highest BCUT2D eigenvalue weighted by atomic mass is 32.2. The highest BCUT2D eigenvalue weighted by Gasteiger charge is 2.33. The Morgan fingerprint density at radius 3 is 2.47 bits per heavy atom. The van der Waals surface area contributed by atoms with E-state index in [4.69, 9.17) is 0 Å². The second-order valence-electron chi connectivity index (χ2n) is 10.2. The van der Waals surface area contributed by atoms with Crippen LogP contribution in [0.25, 0.3) is 23.2 Å². The van der Waals surface area contributed by atoms with Crippen LogP contribution in [0.15, 0.2) is 83.7 Å². The lowest BCUT2D eigenvalue weighted by molar-refractivity contribution is -0.274. The number of halogens is 4. The zero-order valence-corrected chi connectivity index (χ0v) is 25.0. The van der Waals surface area contributed by atoms with Crippen LogP contribution < -0.4 is 15.0 Å². The first-order chi connectivity index (χ1) is 21.4. The number of amides is 3. The van der Waals surface area contributed by atoms with E-state index in [1.807, 2.05) is 13.8 Å². The first-order valence-electron chi connectivity index (χ1n) is 13.6. The van der Waals surface area contributed by atoms with Gasteiger partial charge in [0.05, 0.1) is 17.1 Å². The van der Waals surface area contributed by atoms with Crippen molar-refractivity contribution in [1.82, 2.24) is 20.1 Å². The van der Waals surface area contributed by atoms with Gasteiger partial charge in [-0.3, -0.25) is 9.69 Å². The summed E-state index contributed by atoms with van der Waals surface area (Å²) >= 11 is 1.13. The van der Waals surface area contributed by atoms with Gasteiger partial charge < -0.3 is 10.1 Å². The van der Waals surface area contributed by atoms with Crippen molar-refractivity contribution in [3.05, 3.63) is 95.7 Å². The van der Waals surface area contributed by atoms with E-state index in [0.717, 1.165) is 17.3 Å². The third-order valence-corrected chi connectivity index (χ3v) is 7.42. The molecule has 45 heavy (non-hydrogen) atoms. The number of allylic oxidation sites excluding steroid dienone is 1. The number of ether oxygens (including phenoxy) is 1. The second-order valence-corrected chi connectivity index (χ2v) is 11.1. The SMILES string of the molecule is C/C(=C\c1ccc(-c2ncn(-c3ccc(OC(F)(F)F)cc3)n2)cc1)NC(=O)N=C1SCC(=O)N1c1ccc(F)cc1C(C)C. The molecular formula is C31H26F4N6O3S. The van der Waals surface area contributed by atoms with Crippen molar-refractivity contribution < 1.29 is 31.9 Å². The molecule has 232 valence electrons. The fraction of sp³-hybridized carbons (Fsp3) is 0.194. The first kappa shape index (κ1) is 31.4. The summed E-state index contributed by atoms with van der Waals surface area (Å²) in [7, 11) is 0. The molecular weight excluding hydrogens is 612 g/mol. The van der Waals surface area contributed by atoms with Crippen molar-refractivity contribution in [3.63, 3.8) is 0 Å². The number of alkyl halides is 3. The summed E-state index contributed by atoms with van der Waals surface area (Å²) < 4.78 is 56.4. The summed E-state index contributed by atoms with van der Waals surface area (Å²) in [4.78, 5) is 35.2. The van der Waals surface area contributed by atoms with Gasteiger partial charge in [0.1, 0.15) is 17.9 Å². The van der Waals surface area contributed by atoms with Crippen LogP contribution in [0.1, 0.15) is 37.8 Å². The smallest absolute Gasteiger partial charge is 0.406 e. The fourth-order valence-electron chi connectivity index (χ4n) is 4.49. The van der Waals surface area contributed by atoms with E-state index in [-0.39, 0.29) is 28.5 Å². The van der Waals surface area contributed by atoms with Crippen LogP contribution in [0.4, 0.5) is 28.0 Å². The van der Waals surface area contributed by atoms with E-state index >= 15 is 0 Å². The number of aromatic nitrogens is 3. The molecule has 1 saturated heterocycles. The van der Waals surface area contributed by atoms with Gasteiger partial charge in [0.25, 0.3) is 0 Å². The van der Waals surface area contributed by atoms with Gasteiger partial charge in [0.15, 0.2) is 11.0 Å². The van der Waals surface area contributed by atoms with E-state index in [1.54, 1.807) is 37.3 Å². The average molecular weight is 639 g/mol. The number of amidine groups is 1. The molecule has 5 rings (SSSR count). The number of urea groups is 1. The fourth-order valence-corrected chi connectivity index (χ4v) is 5.35. The molecule has 2 heterocycles. The Morgan fingerprint density at radius 2 is 1.80 bits per heavy atom. The maximum absolute atomic E-state index is 13.9. The van der Waals surface area contributed by atoms with Gasteiger partial charge in [0.2, 0.25) is 5.91 Å². The van der Waals surface area contributed by atoms with Gasteiger partial charge in [-0.2, -0.15) is 4.99 Å². The molecule has 1 aromatic heterocycles. The number of thioether (sulfide) groups is 1. The second kappa shape index (κ2) is 12.9. The van der Waals surface area contributed by atoms with Gasteiger partial charge >= 0.3 is 12.4 Å². The zero-order valence-electron chi connectivity index (χ0n) is 24.2. The Bertz CT molecular complexity index is 1780. The maximum atomic E-state index is 13.9. The van der Waals surface area contributed by atoms with Crippen LogP contribution in [-0.4, -0.2) is 44.0 Å². The zero-order chi connectivity index (χ0) is 32.3. The Morgan fingerprint density at radius 1 is 1.09 bits per heavy atom. The molecule has 4 aromatic rings. The standard InChI is InChI=1S/C31H26F4N6O3S/c1-18(2)25-15-22(32)8-13-26(25)41-27(42)16-45-30(41)38-29(43)37-19(3)14-20-4-6-21(7-5-20)28-36-17-40(39-28)23-9-11-24(12-10-23)44-31(33,34)35/h4-15,17-18H,16H2,1-3H3,(H,37,43)/b19-14+,38-30?. The third-order valence-electron chi connectivity index (χ3n) is 6.50. The molecule has 0 radical (unpaired) electrons. The number of aliphatic imine (C=N–C) groups is 1. The van der Waals surface area contributed by atoms with E-state index in [2.05, 4.69) is 25.1 Å². The Hall–Kier alpha value is -4.98. The van der Waals surface area contributed by atoms with E-state index in [0.29, 0.717) is 34.0 Å². The molecule has 1 aliphatic heterocycles. The number of hydrogen-bond donors (Lipinski definition) is 1. The summed E-state index contributed by atoms with van der Waals surface area (Å²) in [6.45, 7) is 5.48. The van der Waals surface area contributed by atoms with Crippen LogP contribution in [0.3, 0.4) is 0 Å². The number of rotatable bonds is 7. The normalized spacial score (nSPS) is 14.8. The van der Waals surface area contributed by atoms with Crippen LogP contribution in [-0.2, 0) is 4.79 Å². The minimum Gasteiger partial charge on any atom is -0.406 e. The molecule has 3 aromatic carbocycles. The van der Waals surface area contributed by atoms with Gasteiger partial charge in [-0.05, 0) is 72.5 Å². The van der Waals surface area contributed by atoms with Crippen LogP contribution >= 0.6 is 11.8 Å². The van der Waals surface area contributed by atoms with Crippen LogP contribution in [0, 0.1) is 5.82 Å². The molecule has 3 amide bonds. The predicted octanol–water partition coefficient (Wildman–Crippen LogP) is 7.30. The molecule has 0 unspecified atom stereocenters. The largest absolute Gasteiger partial charge is 0.573 e. The summed E-state index contributed by atoms with van der Waals surface area (Å²) in [6.07, 6.45) is -1.59. The van der Waals surface area contributed by atoms with E-state index in [1.165, 1.54) is 58.4 Å². The molecule has 1 fully saturated rings. The number of nitrogens with zero attached hydrogens (tertiary/aromatic N) is 5. The molecule has 0 spiro atoms. The van der Waals surface area contributed by atoms with Crippen molar-refractivity contribution in [2.24, 2.45) is 4.99 Å². The van der Waals surface area contributed by atoms with Crippen LogP contribution in [0.5, 0.6) is 5.75 Å². The summed E-state index contributed by atoms with van der Waals surface area (Å²) in [6, 6.07) is 15.9. The lowest BCUT2D eigenvalue weighted by Crippen LogP contribution is -2.32. The molecule has 9 nitrogen and oxygen atoms in total. The van der Waals surface area contributed by atoms with Gasteiger partial charge in [-0.15, -0.1) is 18.3 Å². The summed E-state index contributed by atoms with van der Waals surface area (Å²) in [5, 5.41) is 7.30. The highest BCUT2D eigenvalue weighted by molar-refractivity contribution is 8.15. The monoisotopic (exact) mass is 638 g/mol. The topological polar surface area (TPSA) is 102 Å². The minimum absolute atomic E-state index is 0.0604. The number of carbonyl (C=O) groups excluding carboxylic acids is 2. The molecule has 0 atom stereocenters. The summed E-state index contributed by atoms with van der Waals surface area (Å²) in [5.74, 6) is -0.552. The van der Waals surface area contributed by atoms with E-state index in [9.17, 15) is 27.2 Å². The van der Waals surface area contributed by atoms with Crippen molar-refractivity contribution in [2.45, 2.75) is 33.1 Å². The minimum atomic E-state index is -4.77. The molecule has 0 bridgehead atoms. The van der Waals surface area contributed by atoms with Gasteiger partial charge in [-0.25, -0.2) is 18.9 Å². The van der Waals surface area contributed by atoms with Crippen LogP contribution in [0.2, 0.25) is 0 Å². The number of benzene rings is 3. The van der Waals surface area contributed by atoms with Crippen molar-refractivity contribution in [2.75, 3.05) is 10.7 Å². The third kappa shape index (κ3) is 7.76. The first-order valence-corrected chi connectivity index (χ1v) is 14.6. The Kier molecular flexibility index (Phi) is 9.04. The Balaban J connectivity index is 1.24. The highest BCUT2D eigenvalue weighted by Crippen LogP contribution is 2.34. The maximum Gasteiger partial charge on any atom is 0.573 e. The quantitative estimate of drug-likeness (QED) is 0.213. The van der Waals surface area contributed by atoms with Gasteiger partial charge in [0, 0.05) is 11.3 Å². The molecule has 1 N–H and O–H groups in total. The molecule has 0 aliphatic carbocycles. The van der Waals surface area contributed by atoms with Gasteiger partial charge in [-0.1, -0.05) is 49.9 Å². The number of nitrogens with one attached hydrogen (secondary N) is 1. The lowest BCUT2D eigenvalue weighted by atomic mass is 10.0. The summed E-state index contributed by atoms with van der Waals surface area (Å²) in [5.41, 5.74) is 3.59. The average Bonchev–Trinajstić information content (AvgIpc) is 3.60. The molecule has 0 saturated carbocycles. The molecule has 14 heteroatoms. The van der Waals surface area contributed by atoms with Crippen molar-refractivity contribution in [1.29, 1.82) is 0 Å². The Labute approximate surface area is 259 Å². The number of anilines is 1. The van der Waals surface area contributed by atoms with E-state index < -0.39 is 18.2 Å². The number of hydrogen-bond acceptors (Lipinski definition) is 6.